The number of H-pyrrole nitrogens is 1. The van der Waals surface area contributed by atoms with Gasteiger partial charge >= 0.3 is 0 Å². The maximum absolute atomic E-state index is 5.31. The summed E-state index contributed by atoms with van der Waals surface area (Å²) in [4.78, 5) is 8.69. The highest BCUT2D eigenvalue weighted by Gasteiger charge is 2.09. The highest BCUT2D eigenvalue weighted by atomic mass is 127. The first-order valence-corrected chi connectivity index (χ1v) is 9.25. The lowest BCUT2D eigenvalue weighted by Crippen LogP contribution is -2.36. The number of nitrogens with one attached hydrogen (secondary N) is 3. The van der Waals surface area contributed by atoms with E-state index in [0.717, 1.165) is 6.54 Å². The van der Waals surface area contributed by atoms with Gasteiger partial charge in [0.25, 0.3) is 0 Å². The average Bonchev–Trinajstić information content (AvgIpc) is 3.51. The summed E-state index contributed by atoms with van der Waals surface area (Å²) in [6.07, 6.45) is 5.34. The summed E-state index contributed by atoms with van der Waals surface area (Å²) < 4.78 is 7.22. The van der Waals surface area contributed by atoms with Crippen molar-refractivity contribution < 1.29 is 4.42 Å². The van der Waals surface area contributed by atoms with Crippen LogP contribution in [0.4, 0.5) is 0 Å². The Kier molecular flexibility index (Phi) is 7.60. The van der Waals surface area contributed by atoms with Gasteiger partial charge in [0.05, 0.1) is 19.4 Å². The Hall–Kier alpha value is -3.15. The third kappa shape index (κ3) is 5.47. The quantitative estimate of drug-likeness (QED) is 0.197. The van der Waals surface area contributed by atoms with Crippen molar-refractivity contribution in [2.45, 2.75) is 19.6 Å². The van der Waals surface area contributed by atoms with E-state index in [1.165, 1.54) is 11.1 Å². The van der Waals surface area contributed by atoms with Gasteiger partial charge in [-0.2, -0.15) is 5.10 Å². The summed E-state index contributed by atoms with van der Waals surface area (Å²) in [5, 5.41) is 17.9. The number of aromatic amines is 1. The van der Waals surface area contributed by atoms with E-state index >= 15 is 0 Å². The Morgan fingerprint density at radius 3 is 2.67 bits per heavy atom. The van der Waals surface area contributed by atoms with Gasteiger partial charge in [0, 0.05) is 26.0 Å². The minimum atomic E-state index is 0. The summed E-state index contributed by atoms with van der Waals surface area (Å²) in [5.41, 5.74) is 2.39. The van der Waals surface area contributed by atoms with Gasteiger partial charge in [0.15, 0.2) is 11.7 Å². The van der Waals surface area contributed by atoms with Crippen molar-refractivity contribution >= 4 is 29.9 Å². The van der Waals surface area contributed by atoms with Gasteiger partial charge in [0.1, 0.15) is 5.82 Å². The summed E-state index contributed by atoms with van der Waals surface area (Å²) in [7, 11) is 1.74. The fourth-order valence-electron chi connectivity index (χ4n) is 2.91. The Balaban J connectivity index is 0.00000256. The second-order valence-electron chi connectivity index (χ2n) is 6.33. The van der Waals surface area contributed by atoms with Crippen LogP contribution in [0.15, 0.2) is 70.5 Å². The maximum Gasteiger partial charge on any atom is 0.216 e. The number of guanidine groups is 1. The van der Waals surface area contributed by atoms with Gasteiger partial charge < -0.3 is 15.1 Å². The average molecular weight is 518 g/mol. The normalized spacial score (nSPS) is 11.2. The topological polar surface area (TPSA) is 109 Å². The van der Waals surface area contributed by atoms with Crippen molar-refractivity contribution in [3.8, 4) is 11.6 Å². The largest absolute Gasteiger partial charge is 0.461 e. The Labute approximate surface area is 191 Å². The molecule has 3 N–H and O–H groups in total. The number of aromatic nitrogens is 5. The highest BCUT2D eigenvalue weighted by molar-refractivity contribution is 14.0. The molecule has 0 amide bonds. The first-order chi connectivity index (χ1) is 14.3. The zero-order valence-electron chi connectivity index (χ0n) is 16.4. The van der Waals surface area contributed by atoms with Gasteiger partial charge in [-0.1, -0.05) is 24.3 Å². The molecule has 0 radical (unpaired) electrons. The molecule has 4 rings (SSSR count). The molecule has 4 aromatic rings. The molecule has 9 nitrogen and oxygen atoms in total. The molecule has 3 aromatic heterocycles. The molecule has 10 heteroatoms. The second-order valence-corrected chi connectivity index (χ2v) is 6.33. The van der Waals surface area contributed by atoms with E-state index in [-0.39, 0.29) is 24.0 Å². The van der Waals surface area contributed by atoms with Crippen molar-refractivity contribution in [2.24, 2.45) is 4.99 Å². The van der Waals surface area contributed by atoms with Crippen LogP contribution in [0.5, 0.6) is 0 Å². The fraction of sp³-hybridized carbons (Fsp3) is 0.200. The van der Waals surface area contributed by atoms with Gasteiger partial charge in [-0.05, 0) is 29.3 Å². The molecular formula is C20H23IN8O. The molecule has 0 aliphatic carbocycles. The minimum Gasteiger partial charge on any atom is -0.461 e. The van der Waals surface area contributed by atoms with Crippen LogP contribution < -0.4 is 10.6 Å². The van der Waals surface area contributed by atoms with Crippen LogP contribution in [0.3, 0.4) is 0 Å². The Morgan fingerprint density at radius 1 is 1.10 bits per heavy atom. The number of halogens is 1. The van der Waals surface area contributed by atoms with E-state index in [2.05, 4.69) is 48.0 Å². The number of hydrogen-bond acceptors (Lipinski definition) is 5. The molecule has 0 saturated heterocycles. The Bertz CT molecular complexity index is 1060. The monoisotopic (exact) mass is 518 g/mol. The predicted molar refractivity (Wildman–Crippen MR) is 124 cm³/mol. The van der Waals surface area contributed by atoms with Gasteiger partial charge in [-0.15, -0.1) is 29.1 Å². The molecule has 0 fully saturated rings. The van der Waals surface area contributed by atoms with Crippen molar-refractivity contribution in [3.63, 3.8) is 0 Å². The number of benzene rings is 1. The molecular weight excluding hydrogens is 495 g/mol. The summed E-state index contributed by atoms with van der Waals surface area (Å²) in [6.45, 7) is 1.83. The van der Waals surface area contributed by atoms with Crippen molar-refractivity contribution in [1.82, 2.24) is 35.6 Å². The van der Waals surface area contributed by atoms with E-state index in [1.54, 1.807) is 25.6 Å². The molecule has 0 spiro atoms. The van der Waals surface area contributed by atoms with Crippen LogP contribution in [-0.2, 0) is 19.6 Å². The fourth-order valence-corrected chi connectivity index (χ4v) is 2.91. The number of nitrogens with zero attached hydrogens (tertiary/aromatic N) is 5. The van der Waals surface area contributed by atoms with Crippen molar-refractivity contribution in [2.75, 3.05) is 7.05 Å². The first-order valence-electron chi connectivity index (χ1n) is 9.25. The Morgan fingerprint density at radius 2 is 1.93 bits per heavy atom. The smallest absolute Gasteiger partial charge is 0.216 e. The molecule has 30 heavy (non-hydrogen) atoms. The molecule has 0 aliphatic heterocycles. The van der Waals surface area contributed by atoms with E-state index < -0.39 is 0 Å². The standard InChI is InChI=1S/C20H22N8O.HI/c1-21-20(23-13-18-25-19(27-26-18)17-8-4-11-29-17)22-12-15-6-2-3-7-16(15)14-28-10-5-9-24-28;/h2-11H,12-14H2,1H3,(H2,21,22,23)(H,25,26,27);1H. The van der Waals surface area contributed by atoms with Crippen LogP contribution in [0.1, 0.15) is 17.0 Å². The lowest BCUT2D eigenvalue weighted by Gasteiger charge is -2.14. The zero-order chi connectivity index (χ0) is 19.9. The van der Waals surface area contributed by atoms with E-state index in [1.807, 2.05) is 35.1 Å². The van der Waals surface area contributed by atoms with Crippen LogP contribution in [0.25, 0.3) is 11.6 Å². The van der Waals surface area contributed by atoms with Crippen molar-refractivity contribution in [1.29, 1.82) is 0 Å². The lowest BCUT2D eigenvalue weighted by atomic mass is 10.1. The molecule has 1 aromatic carbocycles. The lowest BCUT2D eigenvalue weighted by molar-refractivity contribution is 0.577. The molecule has 3 heterocycles. The van der Waals surface area contributed by atoms with E-state index in [9.17, 15) is 0 Å². The van der Waals surface area contributed by atoms with Gasteiger partial charge in [-0.25, -0.2) is 4.98 Å². The number of hydrogen-bond donors (Lipinski definition) is 3. The molecule has 0 unspecified atom stereocenters. The van der Waals surface area contributed by atoms with Gasteiger partial charge in [-0.3, -0.25) is 14.8 Å². The minimum absolute atomic E-state index is 0. The zero-order valence-corrected chi connectivity index (χ0v) is 18.8. The third-order valence-electron chi connectivity index (χ3n) is 4.38. The summed E-state index contributed by atoms with van der Waals surface area (Å²) >= 11 is 0. The van der Waals surface area contributed by atoms with Crippen LogP contribution in [0, 0.1) is 0 Å². The molecule has 0 saturated carbocycles. The first kappa shape index (κ1) is 21.6. The number of rotatable bonds is 7. The summed E-state index contributed by atoms with van der Waals surface area (Å²) in [5.74, 6) is 2.53. The third-order valence-corrected chi connectivity index (χ3v) is 4.38. The van der Waals surface area contributed by atoms with Crippen LogP contribution >= 0.6 is 24.0 Å². The SMILES string of the molecule is CN=C(NCc1nc(-c2ccco2)n[nH]1)NCc1ccccc1Cn1cccn1.I. The number of furan rings is 1. The van der Waals surface area contributed by atoms with E-state index in [0.29, 0.717) is 36.5 Å². The van der Waals surface area contributed by atoms with Crippen molar-refractivity contribution in [3.05, 3.63) is 78.1 Å². The van der Waals surface area contributed by atoms with Gasteiger partial charge in [0.2, 0.25) is 5.82 Å². The molecule has 0 bridgehead atoms. The number of aliphatic imine (C=N–C) groups is 1. The molecule has 0 atom stereocenters. The second kappa shape index (κ2) is 10.6. The van der Waals surface area contributed by atoms with Crippen LogP contribution in [0.2, 0.25) is 0 Å². The maximum atomic E-state index is 5.31. The highest BCUT2D eigenvalue weighted by Crippen LogP contribution is 2.14. The van der Waals surface area contributed by atoms with E-state index in [4.69, 9.17) is 4.42 Å². The van der Waals surface area contributed by atoms with Crippen LogP contribution in [-0.4, -0.2) is 38.0 Å². The molecule has 156 valence electrons. The molecule has 0 aliphatic rings. The summed E-state index contributed by atoms with van der Waals surface area (Å²) in [6, 6.07) is 13.8. The predicted octanol–water partition coefficient (Wildman–Crippen LogP) is 2.79.